The van der Waals surface area contributed by atoms with E-state index in [1.54, 1.807) is 24.3 Å². The van der Waals surface area contributed by atoms with Crippen LogP contribution in [0.15, 0.2) is 30.6 Å². The Morgan fingerprint density at radius 3 is 2.64 bits per heavy atom. The molecule has 0 unspecified atom stereocenters. The van der Waals surface area contributed by atoms with E-state index in [4.69, 9.17) is 9.47 Å². The van der Waals surface area contributed by atoms with E-state index in [9.17, 15) is 26.4 Å². The van der Waals surface area contributed by atoms with Gasteiger partial charge in [-0.2, -0.15) is 0 Å². The van der Waals surface area contributed by atoms with Crippen molar-refractivity contribution in [3.63, 3.8) is 0 Å². The normalized spacial score (nSPS) is 17.1. The standard InChI is InChI=1S/C23H25F3N4O5S/c1-14-19(20(31)29-22(2)6-8-36(32,33)9-7-22)28-18-5-4-16(12-30(14)18)35-21-17(10-15(24)11-27-21)34-13-23(3,25)26/h4-5,10-12H,6-9,13H2,1-3H3,(H,29,31). The maximum atomic E-state index is 13.6. The second-order valence-electron chi connectivity index (χ2n) is 9.22. The molecule has 4 rings (SSSR count). The third kappa shape index (κ3) is 5.89. The van der Waals surface area contributed by atoms with Gasteiger partial charge < -0.3 is 14.8 Å². The Morgan fingerprint density at radius 2 is 1.97 bits per heavy atom. The maximum absolute atomic E-state index is 13.6. The Labute approximate surface area is 205 Å². The number of nitrogens with one attached hydrogen (secondary N) is 1. The van der Waals surface area contributed by atoms with Crippen LogP contribution in [-0.4, -0.2) is 58.3 Å². The molecular weight excluding hydrogens is 501 g/mol. The Hall–Kier alpha value is -3.35. The quantitative estimate of drug-likeness (QED) is 0.500. The molecule has 1 N–H and O–H groups in total. The molecule has 0 aromatic carbocycles. The third-order valence-electron chi connectivity index (χ3n) is 5.87. The van der Waals surface area contributed by atoms with Crippen molar-refractivity contribution in [1.29, 1.82) is 0 Å². The van der Waals surface area contributed by atoms with Gasteiger partial charge in [0.1, 0.15) is 32.7 Å². The molecule has 13 heteroatoms. The molecule has 3 aromatic heterocycles. The average Bonchev–Trinajstić information content (AvgIpc) is 3.12. The number of halogens is 3. The van der Waals surface area contributed by atoms with Crippen molar-refractivity contribution in [3.8, 4) is 17.4 Å². The first kappa shape index (κ1) is 25.7. The minimum Gasteiger partial charge on any atom is -0.482 e. The van der Waals surface area contributed by atoms with Gasteiger partial charge in [0.15, 0.2) is 12.4 Å². The number of hydrogen-bond acceptors (Lipinski definition) is 7. The zero-order chi connectivity index (χ0) is 26.3. The van der Waals surface area contributed by atoms with Gasteiger partial charge in [-0.25, -0.2) is 31.6 Å². The number of aromatic nitrogens is 3. The zero-order valence-corrected chi connectivity index (χ0v) is 20.7. The van der Waals surface area contributed by atoms with Gasteiger partial charge in [0.05, 0.1) is 29.6 Å². The summed E-state index contributed by atoms with van der Waals surface area (Å²) < 4.78 is 75.8. The van der Waals surface area contributed by atoms with Crippen LogP contribution in [0.5, 0.6) is 17.4 Å². The number of aryl methyl sites for hydroxylation is 1. The summed E-state index contributed by atoms with van der Waals surface area (Å²) >= 11 is 0. The van der Waals surface area contributed by atoms with Crippen molar-refractivity contribution in [1.82, 2.24) is 19.7 Å². The lowest BCUT2D eigenvalue weighted by Crippen LogP contribution is -2.51. The molecule has 0 radical (unpaired) electrons. The van der Waals surface area contributed by atoms with Crippen LogP contribution in [0.4, 0.5) is 13.2 Å². The minimum atomic E-state index is -3.14. The highest BCUT2D eigenvalue weighted by Crippen LogP contribution is 2.31. The fourth-order valence-electron chi connectivity index (χ4n) is 3.77. The molecule has 3 aromatic rings. The first-order valence-corrected chi connectivity index (χ1v) is 12.9. The summed E-state index contributed by atoms with van der Waals surface area (Å²) in [4.78, 5) is 21.2. The van der Waals surface area contributed by atoms with E-state index >= 15 is 0 Å². The van der Waals surface area contributed by atoms with Crippen molar-refractivity contribution < 1.29 is 35.9 Å². The van der Waals surface area contributed by atoms with Crippen molar-refractivity contribution in [2.75, 3.05) is 18.1 Å². The van der Waals surface area contributed by atoms with Crippen LogP contribution in [0.3, 0.4) is 0 Å². The minimum absolute atomic E-state index is 0.00759. The van der Waals surface area contributed by atoms with Crippen LogP contribution >= 0.6 is 0 Å². The number of nitrogens with zero attached hydrogens (tertiary/aromatic N) is 3. The smallest absolute Gasteiger partial charge is 0.278 e. The highest BCUT2D eigenvalue weighted by atomic mass is 32.2. The van der Waals surface area contributed by atoms with Crippen molar-refractivity contribution >= 4 is 21.4 Å². The first-order chi connectivity index (χ1) is 16.7. The van der Waals surface area contributed by atoms with Gasteiger partial charge in [-0.1, -0.05) is 0 Å². The monoisotopic (exact) mass is 526 g/mol. The van der Waals surface area contributed by atoms with E-state index in [-0.39, 0.29) is 34.6 Å². The molecular formula is C23H25F3N4O5S. The van der Waals surface area contributed by atoms with Crippen LogP contribution < -0.4 is 14.8 Å². The molecule has 0 aliphatic carbocycles. The Kier molecular flexibility index (Phi) is 6.62. The molecule has 1 aliphatic heterocycles. The summed E-state index contributed by atoms with van der Waals surface area (Å²) in [6.45, 7) is 3.17. The van der Waals surface area contributed by atoms with Gasteiger partial charge >= 0.3 is 0 Å². The molecule has 0 spiro atoms. The molecule has 0 saturated carbocycles. The Morgan fingerprint density at radius 1 is 1.28 bits per heavy atom. The number of ether oxygens (including phenoxy) is 2. The van der Waals surface area contributed by atoms with Crippen LogP contribution in [0.2, 0.25) is 0 Å². The predicted molar refractivity (Wildman–Crippen MR) is 124 cm³/mol. The van der Waals surface area contributed by atoms with Crippen molar-refractivity contribution in [3.05, 3.63) is 47.8 Å². The third-order valence-corrected chi connectivity index (χ3v) is 7.52. The number of alkyl halides is 2. The number of fused-ring (bicyclic) bond motifs is 1. The topological polar surface area (TPSA) is 112 Å². The SMILES string of the molecule is Cc1c(C(=O)NC2(C)CCS(=O)(=O)CC2)nc2ccc(Oc3ncc(F)cc3OCC(C)(F)F)cn12. The maximum Gasteiger partial charge on any atom is 0.278 e. The Balaban J connectivity index is 1.55. The van der Waals surface area contributed by atoms with Gasteiger partial charge in [0.2, 0.25) is 0 Å². The predicted octanol–water partition coefficient (Wildman–Crippen LogP) is 3.70. The van der Waals surface area contributed by atoms with Crippen molar-refractivity contribution in [2.24, 2.45) is 0 Å². The second-order valence-corrected chi connectivity index (χ2v) is 11.5. The van der Waals surface area contributed by atoms with Gasteiger partial charge in [0, 0.05) is 18.5 Å². The fraction of sp³-hybridized carbons (Fsp3) is 0.435. The molecule has 0 bridgehead atoms. The lowest BCUT2D eigenvalue weighted by Gasteiger charge is -2.34. The van der Waals surface area contributed by atoms with Gasteiger partial charge in [-0.15, -0.1) is 0 Å². The van der Waals surface area contributed by atoms with E-state index in [2.05, 4.69) is 15.3 Å². The molecule has 0 atom stereocenters. The van der Waals surface area contributed by atoms with Gasteiger partial charge in [-0.05, 0) is 38.8 Å². The highest BCUT2D eigenvalue weighted by molar-refractivity contribution is 7.91. The number of pyridine rings is 2. The molecule has 1 saturated heterocycles. The summed E-state index contributed by atoms with van der Waals surface area (Å²) in [5, 5.41) is 2.91. The number of rotatable bonds is 7. The molecule has 1 aliphatic rings. The number of amides is 1. The van der Waals surface area contributed by atoms with Gasteiger partial charge in [-0.3, -0.25) is 9.20 Å². The van der Waals surface area contributed by atoms with E-state index in [0.717, 1.165) is 12.3 Å². The summed E-state index contributed by atoms with van der Waals surface area (Å²) in [6.07, 6.45) is 3.01. The number of sulfone groups is 1. The average molecular weight is 527 g/mol. The summed E-state index contributed by atoms with van der Waals surface area (Å²) in [5.41, 5.74) is 0.430. The summed E-state index contributed by atoms with van der Waals surface area (Å²) in [6, 6.07) is 4.01. The number of carbonyl (C=O) groups excluding carboxylic acids is 1. The lowest BCUT2D eigenvalue weighted by atomic mass is 9.94. The zero-order valence-electron chi connectivity index (χ0n) is 19.8. The molecule has 36 heavy (non-hydrogen) atoms. The first-order valence-electron chi connectivity index (χ1n) is 11.1. The number of carbonyl (C=O) groups is 1. The summed E-state index contributed by atoms with van der Waals surface area (Å²) in [5.74, 6) is -4.63. The molecule has 9 nitrogen and oxygen atoms in total. The molecule has 4 heterocycles. The van der Waals surface area contributed by atoms with Crippen molar-refractivity contribution in [2.45, 2.75) is 45.1 Å². The highest BCUT2D eigenvalue weighted by Gasteiger charge is 2.35. The van der Waals surface area contributed by atoms with E-state index in [0.29, 0.717) is 31.1 Å². The summed E-state index contributed by atoms with van der Waals surface area (Å²) in [7, 11) is -3.09. The van der Waals surface area contributed by atoms with Crippen LogP contribution in [0, 0.1) is 12.7 Å². The number of hydrogen-bond donors (Lipinski definition) is 1. The lowest BCUT2D eigenvalue weighted by molar-refractivity contribution is -0.0236. The van der Waals surface area contributed by atoms with E-state index in [1.807, 2.05) is 0 Å². The van der Waals surface area contributed by atoms with E-state index < -0.39 is 39.6 Å². The second kappa shape index (κ2) is 9.26. The molecule has 1 fully saturated rings. The van der Waals surface area contributed by atoms with Gasteiger partial charge in [0.25, 0.3) is 17.7 Å². The van der Waals surface area contributed by atoms with E-state index in [1.165, 1.54) is 12.3 Å². The van der Waals surface area contributed by atoms with Crippen LogP contribution in [-0.2, 0) is 9.84 Å². The Bertz CT molecular complexity index is 1410. The fourth-order valence-corrected chi connectivity index (χ4v) is 5.50. The molecule has 1 amide bonds. The van der Waals surface area contributed by atoms with Crippen LogP contribution in [0.1, 0.15) is 42.9 Å². The number of imidazole rings is 1. The van der Waals surface area contributed by atoms with Crippen LogP contribution in [0.25, 0.3) is 5.65 Å². The largest absolute Gasteiger partial charge is 0.482 e. The molecule has 194 valence electrons.